The van der Waals surface area contributed by atoms with E-state index in [2.05, 4.69) is 4.98 Å². The number of ether oxygens (including phenoxy) is 1. The number of carbonyl (C=O) groups is 2. The lowest BCUT2D eigenvalue weighted by atomic mass is 10.2. The molecule has 0 N–H and O–H groups in total. The number of rotatable bonds is 8. The Hall–Kier alpha value is -3.55. The number of halogens is 2. The van der Waals surface area contributed by atoms with Gasteiger partial charge in [-0.05, 0) is 38.1 Å². The van der Waals surface area contributed by atoms with Gasteiger partial charge in [-0.1, -0.05) is 18.2 Å². The third kappa shape index (κ3) is 5.75. The number of nitrogens with zero attached hydrogens (tertiary/aromatic N) is 2. The van der Waals surface area contributed by atoms with Crippen molar-refractivity contribution in [2.45, 2.75) is 32.7 Å². The van der Waals surface area contributed by atoms with Gasteiger partial charge in [0.05, 0.1) is 18.2 Å². The number of benzene rings is 2. The number of carbonyl (C=O) groups excluding carboxylic acids is 2. The van der Waals surface area contributed by atoms with Crippen LogP contribution in [-0.4, -0.2) is 29.5 Å². The van der Waals surface area contributed by atoms with Crippen molar-refractivity contribution < 1.29 is 27.5 Å². The Bertz CT molecular complexity index is 1050. The molecule has 0 bridgehead atoms. The number of anilines is 1. The number of oxazole rings is 1. The summed E-state index contributed by atoms with van der Waals surface area (Å²) in [5.41, 5.74) is 0.793. The van der Waals surface area contributed by atoms with Crippen molar-refractivity contribution in [3.63, 3.8) is 0 Å². The largest absolute Gasteiger partial charge is 0.456 e. The van der Waals surface area contributed by atoms with Crippen LogP contribution < -0.4 is 4.90 Å². The van der Waals surface area contributed by atoms with Gasteiger partial charge in [0, 0.05) is 24.2 Å². The standard InChI is InChI=1S/C23H22F2N2O4/c1-15(2)27(17-6-4-3-5-7-17)22(28)14-30-23(29)11-10-21-26-13-20(31-21)18-9-8-16(24)12-19(18)25/h3-9,12-13,15H,10-11,14H2,1-2H3. The molecule has 0 spiro atoms. The lowest BCUT2D eigenvalue weighted by Gasteiger charge is -2.26. The third-order valence-corrected chi connectivity index (χ3v) is 4.47. The highest BCUT2D eigenvalue weighted by Crippen LogP contribution is 2.24. The zero-order valence-corrected chi connectivity index (χ0v) is 17.2. The van der Waals surface area contributed by atoms with Crippen LogP contribution in [0.5, 0.6) is 0 Å². The second kappa shape index (κ2) is 9.97. The smallest absolute Gasteiger partial charge is 0.306 e. The first-order valence-corrected chi connectivity index (χ1v) is 9.78. The van der Waals surface area contributed by atoms with Crippen molar-refractivity contribution in [3.8, 4) is 11.3 Å². The Morgan fingerprint density at radius 2 is 1.87 bits per heavy atom. The minimum absolute atomic E-state index is 0.0633. The van der Waals surface area contributed by atoms with Crippen molar-refractivity contribution in [2.24, 2.45) is 0 Å². The van der Waals surface area contributed by atoms with E-state index in [1.807, 2.05) is 44.2 Å². The van der Waals surface area contributed by atoms with Crippen LogP contribution in [0.25, 0.3) is 11.3 Å². The van der Waals surface area contributed by atoms with Gasteiger partial charge in [0.1, 0.15) is 11.6 Å². The number of hydrogen-bond donors (Lipinski definition) is 0. The van der Waals surface area contributed by atoms with E-state index >= 15 is 0 Å². The Morgan fingerprint density at radius 1 is 1.13 bits per heavy atom. The van der Waals surface area contributed by atoms with Gasteiger partial charge in [-0.25, -0.2) is 13.8 Å². The Morgan fingerprint density at radius 3 is 2.55 bits per heavy atom. The topological polar surface area (TPSA) is 72.6 Å². The molecule has 3 aromatic rings. The molecule has 0 saturated carbocycles. The molecule has 1 aromatic heterocycles. The molecule has 31 heavy (non-hydrogen) atoms. The molecule has 3 rings (SSSR count). The number of amides is 1. The number of aromatic nitrogens is 1. The van der Waals surface area contributed by atoms with Crippen molar-refractivity contribution in [1.82, 2.24) is 4.98 Å². The second-order valence-corrected chi connectivity index (χ2v) is 7.10. The number of aryl methyl sites for hydroxylation is 1. The van der Waals surface area contributed by atoms with E-state index in [-0.39, 0.29) is 48.6 Å². The van der Waals surface area contributed by atoms with Crippen molar-refractivity contribution >= 4 is 17.6 Å². The predicted octanol–water partition coefficient (Wildman–Crippen LogP) is 4.54. The predicted molar refractivity (Wildman–Crippen MR) is 110 cm³/mol. The Kier molecular flexibility index (Phi) is 7.12. The van der Waals surface area contributed by atoms with Gasteiger partial charge in [-0.15, -0.1) is 0 Å². The fourth-order valence-electron chi connectivity index (χ4n) is 3.05. The number of hydrogen-bond acceptors (Lipinski definition) is 5. The highest BCUT2D eigenvalue weighted by atomic mass is 19.1. The quantitative estimate of drug-likeness (QED) is 0.493. The zero-order valence-electron chi connectivity index (χ0n) is 17.2. The molecular weight excluding hydrogens is 406 g/mol. The molecule has 8 heteroatoms. The first-order valence-electron chi connectivity index (χ1n) is 9.78. The summed E-state index contributed by atoms with van der Waals surface area (Å²) >= 11 is 0. The van der Waals surface area contributed by atoms with Crippen LogP contribution in [0, 0.1) is 11.6 Å². The summed E-state index contributed by atoms with van der Waals surface area (Å²) in [6.07, 6.45) is 1.36. The fraction of sp³-hybridized carbons (Fsp3) is 0.261. The van der Waals surface area contributed by atoms with E-state index in [1.165, 1.54) is 12.3 Å². The fourth-order valence-corrected chi connectivity index (χ4v) is 3.05. The molecule has 0 radical (unpaired) electrons. The van der Waals surface area contributed by atoms with Gasteiger partial charge in [-0.3, -0.25) is 9.59 Å². The summed E-state index contributed by atoms with van der Waals surface area (Å²) in [6.45, 7) is 3.36. The van der Waals surface area contributed by atoms with Crippen molar-refractivity contribution in [1.29, 1.82) is 0 Å². The third-order valence-electron chi connectivity index (χ3n) is 4.47. The van der Waals surface area contributed by atoms with E-state index in [1.54, 1.807) is 4.90 Å². The average molecular weight is 428 g/mol. The normalized spacial score (nSPS) is 10.9. The van der Waals surface area contributed by atoms with Crippen LogP contribution in [0.15, 0.2) is 59.1 Å². The summed E-state index contributed by atoms with van der Waals surface area (Å²) in [5, 5.41) is 0. The number of para-hydroxylation sites is 1. The first-order chi connectivity index (χ1) is 14.8. The maximum absolute atomic E-state index is 13.8. The molecule has 1 amide bonds. The second-order valence-electron chi connectivity index (χ2n) is 7.10. The Labute approximate surface area is 178 Å². The highest BCUT2D eigenvalue weighted by Gasteiger charge is 2.20. The molecule has 0 unspecified atom stereocenters. The number of esters is 1. The molecular formula is C23H22F2N2O4. The SMILES string of the molecule is CC(C)N(C(=O)COC(=O)CCc1ncc(-c2ccc(F)cc2F)o1)c1ccccc1. The summed E-state index contributed by atoms with van der Waals surface area (Å²) in [5.74, 6) is -2.05. The minimum atomic E-state index is -0.770. The highest BCUT2D eigenvalue weighted by molar-refractivity contribution is 5.95. The van der Waals surface area contributed by atoms with Crippen LogP contribution in [-0.2, 0) is 20.7 Å². The monoisotopic (exact) mass is 428 g/mol. The van der Waals surface area contributed by atoms with Crippen LogP contribution in [0.1, 0.15) is 26.2 Å². The van der Waals surface area contributed by atoms with E-state index in [4.69, 9.17) is 9.15 Å². The summed E-state index contributed by atoms with van der Waals surface area (Å²) in [7, 11) is 0. The van der Waals surface area contributed by atoms with Gasteiger partial charge in [0.2, 0.25) is 0 Å². The molecule has 2 aromatic carbocycles. The maximum atomic E-state index is 13.8. The van der Waals surface area contributed by atoms with E-state index < -0.39 is 17.6 Å². The molecule has 0 fully saturated rings. The molecule has 162 valence electrons. The van der Waals surface area contributed by atoms with Crippen molar-refractivity contribution in [2.75, 3.05) is 11.5 Å². The molecule has 0 aliphatic heterocycles. The van der Waals surface area contributed by atoms with Crippen LogP contribution >= 0.6 is 0 Å². The van der Waals surface area contributed by atoms with Crippen LogP contribution in [0.4, 0.5) is 14.5 Å². The molecule has 0 aliphatic carbocycles. The van der Waals surface area contributed by atoms with Gasteiger partial charge in [-0.2, -0.15) is 0 Å². The summed E-state index contributed by atoms with van der Waals surface area (Å²) < 4.78 is 37.4. The molecule has 0 aliphatic rings. The molecule has 1 heterocycles. The molecule has 6 nitrogen and oxygen atoms in total. The summed E-state index contributed by atoms with van der Waals surface area (Å²) in [4.78, 5) is 30.2. The van der Waals surface area contributed by atoms with Gasteiger partial charge in [0.15, 0.2) is 18.3 Å². The molecule has 0 saturated heterocycles. The van der Waals surface area contributed by atoms with E-state index in [9.17, 15) is 18.4 Å². The van der Waals surface area contributed by atoms with Crippen molar-refractivity contribution in [3.05, 3.63) is 72.3 Å². The lowest BCUT2D eigenvalue weighted by Crippen LogP contribution is -2.39. The van der Waals surface area contributed by atoms with Crippen LogP contribution in [0.3, 0.4) is 0 Å². The van der Waals surface area contributed by atoms with Gasteiger partial charge >= 0.3 is 5.97 Å². The zero-order chi connectivity index (χ0) is 22.4. The lowest BCUT2D eigenvalue weighted by molar-refractivity contribution is -0.148. The average Bonchev–Trinajstić information content (AvgIpc) is 3.20. The first kappa shape index (κ1) is 22.1. The van der Waals surface area contributed by atoms with E-state index in [0.717, 1.165) is 17.8 Å². The van der Waals surface area contributed by atoms with Crippen LogP contribution in [0.2, 0.25) is 0 Å². The molecule has 0 atom stereocenters. The van der Waals surface area contributed by atoms with Gasteiger partial charge < -0.3 is 14.1 Å². The minimum Gasteiger partial charge on any atom is -0.456 e. The maximum Gasteiger partial charge on any atom is 0.306 e. The Balaban J connectivity index is 1.52. The summed E-state index contributed by atoms with van der Waals surface area (Å²) in [6, 6.07) is 12.1. The van der Waals surface area contributed by atoms with E-state index in [0.29, 0.717) is 0 Å². The van der Waals surface area contributed by atoms with Gasteiger partial charge in [0.25, 0.3) is 5.91 Å².